The SMILES string of the molecule is Nc1nc2c(ncn2C2CCC(CO)C2)c(=O)o1. The van der Waals surface area contributed by atoms with Crippen LogP contribution in [0.15, 0.2) is 15.5 Å². The monoisotopic (exact) mass is 250 g/mol. The van der Waals surface area contributed by atoms with Gasteiger partial charge in [-0.25, -0.2) is 9.78 Å². The molecule has 3 rings (SSSR count). The van der Waals surface area contributed by atoms with Gasteiger partial charge in [0.25, 0.3) is 6.01 Å². The molecular formula is C11H14N4O3. The molecule has 2 aromatic rings. The quantitative estimate of drug-likeness (QED) is 0.793. The molecule has 0 radical (unpaired) electrons. The van der Waals surface area contributed by atoms with E-state index in [-0.39, 0.29) is 24.2 Å². The minimum Gasteiger partial charge on any atom is -0.396 e. The topological polar surface area (TPSA) is 107 Å². The van der Waals surface area contributed by atoms with E-state index in [9.17, 15) is 4.79 Å². The van der Waals surface area contributed by atoms with Crippen LogP contribution in [0.3, 0.4) is 0 Å². The summed E-state index contributed by atoms with van der Waals surface area (Å²) in [6.45, 7) is 0.195. The Hall–Kier alpha value is -1.89. The van der Waals surface area contributed by atoms with Crippen LogP contribution in [0, 0.1) is 5.92 Å². The lowest BCUT2D eigenvalue weighted by molar-refractivity contribution is 0.226. The second-order valence-corrected chi connectivity index (χ2v) is 4.68. The van der Waals surface area contributed by atoms with Gasteiger partial charge < -0.3 is 19.8 Å². The Balaban J connectivity index is 2.05. The van der Waals surface area contributed by atoms with Crippen LogP contribution >= 0.6 is 0 Å². The number of aliphatic hydroxyl groups is 1. The molecule has 3 N–H and O–H groups in total. The largest absolute Gasteiger partial charge is 0.396 e. The number of fused-ring (bicyclic) bond motifs is 1. The maximum absolute atomic E-state index is 11.5. The average Bonchev–Trinajstić information content (AvgIpc) is 2.93. The van der Waals surface area contributed by atoms with Crippen LogP contribution in [-0.2, 0) is 0 Å². The molecule has 0 aromatic carbocycles. The highest BCUT2D eigenvalue weighted by atomic mass is 16.4. The van der Waals surface area contributed by atoms with Crippen LogP contribution in [0.1, 0.15) is 25.3 Å². The van der Waals surface area contributed by atoms with Gasteiger partial charge in [0, 0.05) is 12.6 Å². The molecule has 7 heteroatoms. The number of hydrogen-bond acceptors (Lipinski definition) is 6. The Bertz CT molecular complexity index is 633. The molecule has 0 saturated heterocycles. The standard InChI is InChI=1S/C11H14N4O3/c12-11-14-9-8(10(17)18-11)13-5-15(9)7-2-1-6(3-7)4-16/h5-7,16H,1-4H2,(H2,12,14). The Kier molecular flexibility index (Phi) is 2.55. The Morgan fingerprint density at radius 1 is 1.56 bits per heavy atom. The number of aromatic nitrogens is 3. The molecule has 7 nitrogen and oxygen atoms in total. The Morgan fingerprint density at radius 3 is 3.11 bits per heavy atom. The fourth-order valence-electron chi connectivity index (χ4n) is 2.61. The summed E-state index contributed by atoms with van der Waals surface area (Å²) in [5.74, 6) is 0.310. The van der Waals surface area contributed by atoms with Gasteiger partial charge in [-0.05, 0) is 25.2 Å². The third-order valence-electron chi connectivity index (χ3n) is 3.54. The smallest absolute Gasteiger partial charge is 0.368 e. The van der Waals surface area contributed by atoms with E-state index in [2.05, 4.69) is 9.97 Å². The summed E-state index contributed by atoms with van der Waals surface area (Å²) in [6.07, 6.45) is 4.37. The van der Waals surface area contributed by atoms with Gasteiger partial charge in [-0.15, -0.1) is 0 Å². The van der Waals surface area contributed by atoms with E-state index in [0.717, 1.165) is 19.3 Å². The first-order valence-corrected chi connectivity index (χ1v) is 5.93. The lowest BCUT2D eigenvalue weighted by atomic mass is 10.1. The van der Waals surface area contributed by atoms with Crippen molar-refractivity contribution < 1.29 is 9.52 Å². The molecule has 0 aliphatic heterocycles. The van der Waals surface area contributed by atoms with Crippen molar-refractivity contribution in [3.63, 3.8) is 0 Å². The number of nitrogens with two attached hydrogens (primary N) is 1. The molecule has 1 aliphatic rings. The normalized spacial score (nSPS) is 23.8. The van der Waals surface area contributed by atoms with Crippen molar-refractivity contribution in [2.24, 2.45) is 5.92 Å². The van der Waals surface area contributed by atoms with Gasteiger partial charge in [0.2, 0.25) is 0 Å². The number of aliphatic hydroxyl groups excluding tert-OH is 1. The van der Waals surface area contributed by atoms with E-state index in [0.29, 0.717) is 11.6 Å². The highest BCUT2D eigenvalue weighted by Crippen LogP contribution is 2.35. The second kappa shape index (κ2) is 4.09. The Morgan fingerprint density at radius 2 is 2.39 bits per heavy atom. The molecule has 2 atom stereocenters. The van der Waals surface area contributed by atoms with Crippen LogP contribution in [0.4, 0.5) is 6.01 Å². The number of imidazole rings is 1. The van der Waals surface area contributed by atoms with Gasteiger partial charge >= 0.3 is 5.63 Å². The van der Waals surface area contributed by atoms with Crippen molar-refractivity contribution in [1.29, 1.82) is 0 Å². The summed E-state index contributed by atoms with van der Waals surface area (Å²) >= 11 is 0. The minimum absolute atomic E-state index is 0.147. The predicted octanol–water partition coefficient (Wildman–Crippen LogP) is 0.300. The molecule has 2 heterocycles. The predicted molar refractivity (Wildman–Crippen MR) is 63.9 cm³/mol. The average molecular weight is 250 g/mol. The zero-order chi connectivity index (χ0) is 12.7. The van der Waals surface area contributed by atoms with Crippen LogP contribution in [0.25, 0.3) is 11.2 Å². The summed E-state index contributed by atoms with van der Waals surface area (Å²) in [4.78, 5) is 19.6. The molecule has 0 spiro atoms. The lowest BCUT2D eigenvalue weighted by Crippen LogP contribution is -2.10. The molecule has 2 unspecified atom stereocenters. The van der Waals surface area contributed by atoms with Crippen LogP contribution in [-0.4, -0.2) is 26.2 Å². The van der Waals surface area contributed by atoms with Gasteiger partial charge in [-0.1, -0.05) is 0 Å². The van der Waals surface area contributed by atoms with E-state index >= 15 is 0 Å². The molecule has 1 aliphatic carbocycles. The summed E-state index contributed by atoms with van der Waals surface area (Å²) in [6, 6.07) is 0.0619. The first-order valence-electron chi connectivity index (χ1n) is 5.93. The molecule has 96 valence electrons. The maximum Gasteiger partial charge on any atom is 0.368 e. The molecule has 0 amide bonds. The van der Waals surface area contributed by atoms with Crippen molar-refractivity contribution in [3.8, 4) is 0 Å². The minimum atomic E-state index is -0.562. The highest BCUT2D eigenvalue weighted by Gasteiger charge is 2.27. The first-order chi connectivity index (χ1) is 8.69. The summed E-state index contributed by atoms with van der Waals surface area (Å²) in [7, 11) is 0. The van der Waals surface area contributed by atoms with Crippen molar-refractivity contribution in [2.75, 3.05) is 12.3 Å². The third kappa shape index (κ3) is 1.67. The number of anilines is 1. The molecule has 1 fully saturated rings. The van der Waals surface area contributed by atoms with Gasteiger partial charge in [0.15, 0.2) is 11.2 Å². The summed E-state index contributed by atoms with van der Waals surface area (Å²) in [5, 5.41) is 9.16. The Labute approximate surface area is 102 Å². The van der Waals surface area contributed by atoms with Crippen molar-refractivity contribution in [1.82, 2.24) is 14.5 Å². The summed E-state index contributed by atoms with van der Waals surface area (Å²) < 4.78 is 6.56. The van der Waals surface area contributed by atoms with Crippen molar-refractivity contribution in [3.05, 3.63) is 16.7 Å². The molecule has 18 heavy (non-hydrogen) atoms. The number of nitrogens with zero attached hydrogens (tertiary/aromatic N) is 3. The number of rotatable bonds is 2. The van der Waals surface area contributed by atoms with E-state index in [4.69, 9.17) is 15.3 Å². The van der Waals surface area contributed by atoms with Crippen LogP contribution in [0.2, 0.25) is 0 Å². The van der Waals surface area contributed by atoms with E-state index in [1.54, 1.807) is 6.33 Å². The molecule has 2 aromatic heterocycles. The molecule has 1 saturated carbocycles. The summed E-state index contributed by atoms with van der Waals surface area (Å²) in [5.41, 5.74) is 5.55. The van der Waals surface area contributed by atoms with Crippen LogP contribution < -0.4 is 11.4 Å². The van der Waals surface area contributed by atoms with Crippen molar-refractivity contribution in [2.45, 2.75) is 25.3 Å². The van der Waals surface area contributed by atoms with Crippen LogP contribution in [0.5, 0.6) is 0 Å². The zero-order valence-corrected chi connectivity index (χ0v) is 9.74. The second-order valence-electron chi connectivity index (χ2n) is 4.68. The molecule has 0 bridgehead atoms. The van der Waals surface area contributed by atoms with Crippen molar-refractivity contribution >= 4 is 17.2 Å². The third-order valence-corrected chi connectivity index (χ3v) is 3.54. The fourth-order valence-corrected chi connectivity index (χ4v) is 2.61. The zero-order valence-electron chi connectivity index (χ0n) is 9.74. The van der Waals surface area contributed by atoms with E-state index in [1.807, 2.05) is 4.57 Å². The highest BCUT2D eigenvalue weighted by molar-refractivity contribution is 5.69. The van der Waals surface area contributed by atoms with Gasteiger partial charge in [-0.3, -0.25) is 0 Å². The van der Waals surface area contributed by atoms with Gasteiger partial charge in [0.1, 0.15) is 0 Å². The van der Waals surface area contributed by atoms with E-state index in [1.165, 1.54) is 0 Å². The lowest BCUT2D eigenvalue weighted by Gasteiger charge is -2.12. The molecular weight excluding hydrogens is 236 g/mol. The number of hydrogen-bond donors (Lipinski definition) is 2. The number of nitrogen functional groups attached to an aromatic ring is 1. The van der Waals surface area contributed by atoms with E-state index < -0.39 is 5.63 Å². The maximum atomic E-state index is 11.5. The van der Waals surface area contributed by atoms with Gasteiger partial charge in [-0.2, -0.15) is 4.98 Å². The van der Waals surface area contributed by atoms with Gasteiger partial charge in [0.05, 0.1) is 6.33 Å². The fraction of sp³-hybridized carbons (Fsp3) is 0.545. The first kappa shape index (κ1) is 11.2.